The maximum absolute atomic E-state index is 12.3. The topological polar surface area (TPSA) is 41.5 Å². The highest BCUT2D eigenvalue weighted by molar-refractivity contribution is 5.40. The summed E-state index contributed by atoms with van der Waals surface area (Å²) in [6.45, 7) is 2.58. The molecule has 0 spiro atoms. The Morgan fingerprint density at radius 1 is 1.42 bits per heavy atom. The summed E-state index contributed by atoms with van der Waals surface area (Å²) < 4.78 is 30.0. The Hall–Kier alpha value is -1.20. The summed E-state index contributed by atoms with van der Waals surface area (Å²) in [5.74, 6) is 0.909. The van der Waals surface area contributed by atoms with E-state index in [2.05, 4.69) is 11.4 Å². The van der Waals surface area contributed by atoms with Crippen LogP contribution >= 0.6 is 0 Å². The molecule has 2 rings (SSSR count). The van der Waals surface area contributed by atoms with Gasteiger partial charge in [0, 0.05) is 19.0 Å². The first-order valence-electron chi connectivity index (χ1n) is 6.57. The normalized spacial score (nSPS) is 17.1. The third kappa shape index (κ3) is 3.42. The summed E-state index contributed by atoms with van der Waals surface area (Å²) in [6, 6.07) is 5.89. The average molecular weight is 271 g/mol. The van der Waals surface area contributed by atoms with Gasteiger partial charge in [-0.3, -0.25) is 0 Å². The Balaban J connectivity index is 2.01. The molecule has 0 saturated heterocycles. The van der Waals surface area contributed by atoms with E-state index in [-0.39, 0.29) is 12.6 Å². The molecule has 106 valence electrons. The van der Waals surface area contributed by atoms with Crippen molar-refractivity contribution >= 4 is 0 Å². The maximum Gasteiger partial charge on any atom is 0.265 e. The molecule has 1 heterocycles. The molecule has 1 aliphatic heterocycles. The van der Waals surface area contributed by atoms with Gasteiger partial charge in [-0.05, 0) is 23.6 Å². The van der Waals surface area contributed by atoms with Crippen LogP contribution in [0.4, 0.5) is 8.78 Å². The molecule has 0 aromatic heterocycles. The number of aliphatic hydroxyl groups excluding tert-OH is 1. The van der Waals surface area contributed by atoms with Gasteiger partial charge in [0.05, 0.1) is 6.61 Å². The zero-order chi connectivity index (χ0) is 13.8. The highest BCUT2D eigenvalue weighted by Crippen LogP contribution is 2.29. The zero-order valence-electron chi connectivity index (χ0n) is 10.9. The van der Waals surface area contributed by atoms with Crippen molar-refractivity contribution in [2.75, 3.05) is 13.2 Å². The zero-order valence-corrected chi connectivity index (χ0v) is 10.9. The summed E-state index contributed by atoms with van der Waals surface area (Å²) in [5, 5.41) is 12.1. The van der Waals surface area contributed by atoms with E-state index in [1.165, 1.54) is 0 Å². The molecule has 1 aromatic rings. The first-order valence-corrected chi connectivity index (χ1v) is 6.57. The Labute approximate surface area is 111 Å². The fraction of sp³-hybridized carbons (Fsp3) is 0.571. The van der Waals surface area contributed by atoms with Crippen LogP contribution in [0.3, 0.4) is 0 Å². The molecule has 0 saturated carbocycles. The third-order valence-corrected chi connectivity index (χ3v) is 3.39. The third-order valence-electron chi connectivity index (χ3n) is 3.39. The summed E-state index contributed by atoms with van der Waals surface area (Å²) in [5.41, 5.74) is 2.21. The smallest absolute Gasteiger partial charge is 0.265 e. The van der Waals surface area contributed by atoms with Crippen molar-refractivity contribution < 1.29 is 18.6 Å². The molecular weight excluding hydrogens is 252 g/mol. The van der Waals surface area contributed by atoms with Crippen LogP contribution in [0.25, 0.3) is 0 Å². The van der Waals surface area contributed by atoms with E-state index < -0.39 is 12.5 Å². The minimum absolute atomic E-state index is 0.0284. The molecule has 0 radical (unpaired) electrons. The van der Waals surface area contributed by atoms with Crippen molar-refractivity contribution in [1.29, 1.82) is 0 Å². The molecule has 0 aliphatic carbocycles. The van der Waals surface area contributed by atoms with Crippen LogP contribution in [-0.4, -0.2) is 30.8 Å². The van der Waals surface area contributed by atoms with Crippen LogP contribution in [0.5, 0.6) is 5.75 Å². The van der Waals surface area contributed by atoms with Gasteiger partial charge in [0.25, 0.3) is 6.43 Å². The molecule has 1 aromatic carbocycles. The predicted octanol–water partition coefficient (Wildman–Crippen LogP) is 2.29. The number of hydrogen-bond donors (Lipinski definition) is 2. The van der Waals surface area contributed by atoms with Crippen LogP contribution in [0.2, 0.25) is 0 Å². The minimum atomic E-state index is -2.71. The maximum atomic E-state index is 12.3. The number of nitrogens with one attached hydrogen (secondary N) is 1. The molecule has 19 heavy (non-hydrogen) atoms. The first-order chi connectivity index (χ1) is 9.11. The molecule has 5 heteroatoms. The van der Waals surface area contributed by atoms with Gasteiger partial charge < -0.3 is 15.2 Å². The molecule has 0 amide bonds. The van der Waals surface area contributed by atoms with Gasteiger partial charge in [0.15, 0.2) is 0 Å². The fourth-order valence-electron chi connectivity index (χ4n) is 2.27. The van der Waals surface area contributed by atoms with E-state index in [9.17, 15) is 8.78 Å². The summed E-state index contributed by atoms with van der Waals surface area (Å²) >= 11 is 0. The molecule has 2 atom stereocenters. The number of aliphatic hydroxyl groups is 1. The van der Waals surface area contributed by atoms with Crippen molar-refractivity contribution in [2.24, 2.45) is 0 Å². The lowest BCUT2D eigenvalue weighted by Crippen LogP contribution is -2.34. The van der Waals surface area contributed by atoms with Gasteiger partial charge in [-0.2, -0.15) is 0 Å². The monoisotopic (exact) mass is 271 g/mol. The van der Waals surface area contributed by atoms with E-state index in [4.69, 9.17) is 9.84 Å². The molecular formula is C14H19F2NO2. The quantitative estimate of drug-likeness (QED) is 0.834. The number of halogens is 2. The molecule has 3 nitrogen and oxygen atoms in total. The minimum Gasteiger partial charge on any atom is -0.493 e. The van der Waals surface area contributed by atoms with E-state index in [0.717, 1.165) is 29.7 Å². The number of benzene rings is 1. The molecule has 1 aliphatic rings. The summed E-state index contributed by atoms with van der Waals surface area (Å²) in [4.78, 5) is 0. The number of ether oxygens (including phenoxy) is 1. The highest BCUT2D eigenvalue weighted by atomic mass is 19.3. The summed E-state index contributed by atoms with van der Waals surface area (Å²) in [7, 11) is 0. The number of hydrogen-bond acceptors (Lipinski definition) is 3. The predicted molar refractivity (Wildman–Crippen MR) is 68.7 cm³/mol. The van der Waals surface area contributed by atoms with Crippen LogP contribution in [0.1, 0.15) is 30.5 Å². The Morgan fingerprint density at radius 2 is 2.21 bits per heavy atom. The lowest BCUT2D eigenvalue weighted by atomic mass is 10.0. The van der Waals surface area contributed by atoms with Crippen molar-refractivity contribution in [2.45, 2.75) is 38.3 Å². The van der Waals surface area contributed by atoms with Crippen LogP contribution in [0.15, 0.2) is 18.2 Å². The van der Waals surface area contributed by atoms with Crippen molar-refractivity contribution in [3.05, 3.63) is 29.3 Å². The van der Waals surface area contributed by atoms with Gasteiger partial charge in [-0.1, -0.05) is 19.1 Å². The summed E-state index contributed by atoms with van der Waals surface area (Å²) in [6.07, 6.45) is -2.67. The lowest BCUT2D eigenvalue weighted by Gasteiger charge is -2.20. The Kier molecular flexibility index (Phi) is 4.71. The second-order valence-electron chi connectivity index (χ2n) is 4.74. The molecule has 2 unspecified atom stereocenters. The lowest BCUT2D eigenvalue weighted by molar-refractivity contribution is -0.00471. The van der Waals surface area contributed by atoms with E-state index in [1.807, 2.05) is 19.1 Å². The molecule has 0 fully saturated rings. The standard InChI is InChI=1S/C14H19F2NO2/c1-2-11(17-8-12(18)14(15)16)9-3-4-13-10(7-9)5-6-19-13/h3-4,7,11-12,14,17-18H,2,5-6,8H2,1H3. The van der Waals surface area contributed by atoms with Crippen LogP contribution in [-0.2, 0) is 6.42 Å². The van der Waals surface area contributed by atoms with Gasteiger partial charge in [0.2, 0.25) is 0 Å². The number of alkyl halides is 2. The van der Waals surface area contributed by atoms with Crippen LogP contribution in [0, 0.1) is 0 Å². The largest absolute Gasteiger partial charge is 0.493 e. The van der Waals surface area contributed by atoms with E-state index in [1.54, 1.807) is 0 Å². The first kappa shape index (κ1) is 14.2. The number of rotatable bonds is 6. The van der Waals surface area contributed by atoms with Crippen molar-refractivity contribution in [3.8, 4) is 5.75 Å². The average Bonchev–Trinajstić information content (AvgIpc) is 2.86. The van der Waals surface area contributed by atoms with E-state index >= 15 is 0 Å². The molecule has 2 N–H and O–H groups in total. The molecule has 0 bridgehead atoms. The highest BCUT2D eigenvalue weighted by Gasteiger charge is 2.20. The number of fused-ring (bicyclic) bond motifs is 1. The van der Waals surface area contributed by atoms with Gasteiger partial charge in [-0.25, -0.2) is 8.78 Å². The fourth-order valence-corrected chi connectivity index (χ4v) is 2.27. The van der Waals surface area contributed by atoms with E-state index in [0.29, 0.717) is 6.61 Å². The van der Waals surface area contributed by atoms with Gasteiger partial charge in [-0.15, -0.1) is 0 Å². The Morgan fingerprint density at radius 3 is 2.89 bits per heavy atom. The van der Waals surface area contributed by atoms with Gasteiger partial charge >= 0.3 is 0 Å². The SMILES string of the molecule is CCC(NCC(O)C(F)F)c1ccc2c(c1)CCO2. The van der Waals surface area contributed by atoms with Crippen molar-refractivity contribution in [3.63, 3.8) is 0 Å². The Bertz CT molecular complexity index is 426. The van der Waals surface area contributed by atoms with Crippen molar-refractivity contribution in [1.82, 2.24) is 5.32 Å². The second-order valence-corrected chi connectivity index (χ2v) is 4.74. The van der Waals surface area contributed by atoms with Crippen LogP contribution < -0.4 is 10.1 Å². The van der Waals surface area contributed by atoms with Gasteiger partial charge in [0.1, 0.15) is 11.9 Å². The second kappa shape index (κ2) is 6.30.